The number of aromatic amines is 2. The van der Waals surface area contributed by atoms with E-state index in [9.17, 15) is 4.79 Å². The van der Waals surface area contributed by atoms with E-state index in [1.807, 2.05) is 18.2 Å². The highest BCUT2D eigenvalue weighted by Gasteiger charge is 2.23. The first-order chi connectivity index (χ1) is 14.1. The van der Waals surface area contributed by atoms with Gasteiger partial charge in [-0.25, -0.2) is 4.98 Å². The van der Waals surface area contributed by atoms with Gasteiger partial charge in [0, 0.05) is 48.0 Å². The fraction of sp³-hybridized carbons (Fsp3) is 0.261. The van der Waals surface area contributed by atoms with Crippen molar-refractivity contribution in [2.24, 2.45) is 0 Å². The lowest BCUT2D eigenvalue weighted by atomic mass is 10.0. The number of rotatable bonds is 3. The highest BCUT2D eigenvalue weighted by atomic mass is 16.1. The molecule has 0 fully saturated rings. The van der Waals surface area contributed by atoms with E-state index in [2.05, 4.69) is 51.9 Å². The van der Waals surface area contributed by atoms with Gasteiger partial charge in [0.1, 0.15) is 5.69 Å². The summed E-state index contributed by atoms with van der Waals surface area (Å²) in [4.78, 5) is 30.4. The second-order valence-electron chi connectivity index (χ2n) is 7.79. The minimum Gasteiger partial charge on any atom is -0.358 e. The molecule has 3 aromatic heterocycles. The predicted octanol–water partition coefficient (Wildman–Crippen LogP) is 3.49. The number of H-pyrrole nitrogens is 2. The third kappa shape index (κ3) is 3.25. The average Bonchev–Trinajstić information content (AvgIpc) is 3.03. The van der Waals surface area contributed by atoms with Gasteiger partial charge in [-0.15, -0.1) is 0 Å². The summed E-state index contributed by atoms with van der Waals surface area (Å²) in [6.07, 6.45) is 2.42. The fourth-order valence-electron chi connectivity index (χ4n) is 4.18. The Kier molecular flexibility index (Phi) is 4.28. The first-order valence-corrected chi connectivity index (χ1v) is 9.92. The molecule has 6 heteroatoms. The van der Waals surface area contributed by atoms with Crippen molar-refractivity contribution < 1.29 is 0 Å². The topological polar surface area (TPSA) is 77.7 Å². The van der Waals surface area contributed by atoms with E-state index < -0.39 is 0 Å². The number of aryl methyl sites for hydroxylation is 2. The maximum absolute atomic E-state index is 12.6. The average molecular weight is 385 g/mol. The molecule has 146 valence electrons. The van der Waals surface area contributed by atoms with Crippen molar-refractivity contribution in [3.8, 4) is 11.5 Å². The molecule has 5 rings (SSSR count). The molecule has 1 aromatic carbocycles. The summed E-state index contributed by atoms with van der Waals surface area (Å²) in [7, 11) is 0. The molecule has 0 saturated carbocycles. The maximum atomic E-state index is 12.6. The van der Waals surface area contributed by atoms with E-state index in [4.69, 9.17) is 4.98 Å². The largest absolute Gasteiger partial charge is 0.358 e. The summed E-state index contributed by atoms with van der Waals surface area (Å²) in [5.74, 6) is 0.537. The van der Waals surface area contributed by atoms with Crippen LogP contribution in [0.3, 0.4) is 0 Å². The maximum Gasteiger partial charge on any atom is 0.254 e. The van der Waals surface area contributed by atoms with Gasteiger partial charge in [0.15, 0.2) is 5.82 Å². The monoisotopic (exact) mass is 385 g/mol. The van der Waals surface area contributed by atoms with Crippen LogP contribution in [0.25, 0.3) is 22.4 Å². The van der Waals surface area contributed by atoms with Gasteiger partial charge < -0.3 is 9.97 Å². The molecular weight excluding hydrogens is 362 g/mol. The Labute approximate surface area is 168 Å². The molecule has 0 bridgehead atoms. The molecule has 0 aliphatic carbocycles. The van der Waals surface area contributed by atoms with Crippen LogP contribution in [-0.2, 0) is 19.5 Å². The number of hydrogen-bond donors (Lipinski definition) is 2. The summed E-state index contributed by atoms with van der Waals surface area (Å²) >= 11 is 0. The third-order valence-electron chi connectivity index (χ3n) is 5.72. The van der Waals surface area contributed by atoms with Crippen molar-refractivity contribution >= 4 is 10.9 Å². The van der Waals surface area contributed by atoms with Crippen molar-refractivity contribution in [1.29, 1.82) is 0 Å². The second kappa shape index (κ2) is 6.97. The molecule has 6 nitrogen and oxygen atoms in total. The standard InChI is InChI=1S/C23H23N5O/c1-14-6-7-19-17(11-14)18(15(2)25-19)12-28-10-8-16-21(13-28)26-22(27-23(16)29)20-5-3-4-9-24-20/h3-7,9,11,25H,8,10,12-13H2,1-2H3,(H,26,27,29). The van der Waals surface area contributed by atoms with Crippen LogP contribution in [0.1, 0.15) is 28.1 Å². The molecule has 29 heavy (non-hydrogen) atoms. The normalized spacial score (nSPS) is 14.3. The van der Waals surface area contributed by atoms with Gasteiger partial charge in [0.25, 0.3) is 5.56 Å². The molecule has 1 aliphatic heterocycles. The Bertz CT molecular complexity index is 1260. The minimum absolute atomic E-state index is 0.0470. The summed E-state index contributed by atoms with van der Waals surface area (Å²) in [5.41, 5.74) is 7.25. The minimum atomic E-state index is -0.0470. The van der Waals surface area contributed by atoms with Crippen molar-refractivity contribution in [3.05, 3.63) is 81.0 Å². The molecule has 0 radical (unpaired) electrons. The highest BCUT2D eigenvalue weighted by Crippen LogP contribution is 2.26. The smallest absolute Gasteiger partial charge is 0.254 e. The van der Waals surface area contributed by atoms with E-state index in [0.717, 1.165) is 24.3 Å². The van der Waals surface area contributed by atoms with Gasteiger partial charge in [-0.3, -0.25) is 14.7 Å². The first kappa shape index (κ1) is 17.8. The van der Waals surface area contributed by atoms with Gasteiger partial charge in [-0.05, 0) is 50.1 Å². The SMILES string of the molecule is Cc1ccc2[nH]c(C)c(CN3CCc4c(nc(-c5ccccn5)[nH]c4=O)C3)c2c1. The number of nitrogens with one attached hydrogen (secondary N) is 2. The number of nitrogens with zero attached hydrogens (tertiary/aromatic N) is 3. The number of aromatic nitrogens is 4. The molecule has 2 N–H and O–H groups in total. The molecular formula is C23H23N5O. The molecule has 0 unspecified atom stereocenters. The molecule has 0 saturated heterocycles. The number of fused-ring (bicyclic) bond motifs is 2. The number of benzene rings is 1. The molecule has 4 aromatic rings. The highest BCUT2D eigenvalue weighted by molar-refractivity contribution is 5.85. The van der Waals surface area contributed by atoms with E-state index >= 15 is 0 Å². The van der Waals surface area contributed by atoms with Crippen LogP contribution in [0.2, 0.25) is 0 Å². The van der Waals surface area contributed by atoms with E-state index in [1.54, 1.807) is 6.20 Å². The van der Waals surface area contributed by atoms with Crippen LogP contribution in [0, 0.1) is 13.8 Å². The molecule has 1 aliphatic rings. The van der Waals surface area contributed by atoms with Gasteiger partial charge in [-0.2, -0.15) is 0 Å². The van der Waals surface area contributed by atoms with Crippen molar-refractivity contribution in [2.75, 3.05) is 6.54 Å². The fourth-order valence-corrected chi connectivity index (χ4v) is 4.18. The van der Waals surface area contributed by atoms with Gasteiger partial charge in [-0.1, -0.05) is 17.7 Å². The zero-order valence-electron chi connectivity index (χ0n) is 16.6. The van der Waals surface area contributed by atoms with Crippen molar-refractivity contribution in [2.45, 2.75) is 33.4 Å². The predicted molar refractivity (Wildman–Crippen MR) is 114 cm³/mol. The Balaban J connectivity index is 1.47. The number of pyridine rings is 1. The third-order valence-corrected chi connectivity index (χ3v) is 5.72. The summed E-state index contributed by atoms with van der Waals surface area (Å²) in [6.45, 7) is 6.60. The lowest BCUT2D eigenvalue weighted by Crippen LogP contribution is -2.35. The molecule has 0 amide bonds. The summed E-state index contributed by atoms with van der Waals surface area (Å²) in [5, 5.41) is 1.28. The van der Waals surface area contributed by atoms with Crippen molar-refractivity contribution in [3.63, 3.8) is 0 Å². The van der Waals surface area contributed by atoms with E-state index in [0.29, 0.717) is 24.5 Å². The lowest BCUT2D eigenvalue weighted by Gasteiger charge is -2.27. The molecule has 4 heterocycles. The van der Waals surface area contributed by atoms with Gasteiger partial charge >= 0.3 is 0 Å². The quantitative estimate of drug-likeness (QED) is 0.566. The van der Waals surface area contributed by atoms with E-state index in [1.165, 1.54) is 27.7 Å². The molecule has 0 spiro atoms. The Hall–Kier alpha value is -3.25. The Morgan fingerprint density at radius 3 is 2.86 bits per heavy atom. The summed E-state index contributed by atoms with van der Waals surface area (Å²) < 4.78 is 0. The van der Waals surface area contributed by atoms with Crippen LogP contribution in [-0.4, -0.2) is 31.4 Å². The molecule has 0 atom stereocenters. The zero-order chi connectivity index (χ0) is 20.0. The summed E-state index contributed by atoms with van der Waals surface area (Å²) in [6, 6.07) is 12.1. The van der Waals surface area contributed by atoms with Gasteiger partial charge in [0.2, 0.25) is 0 Å². The first-order valence-electron chi connectivity index (χ1n) is 9.92. The van der Waals surface area contributed by atoms with Crippen LogP contribution >= 0.6 is 0 Å². The van der Waals surface area contributed by atoms with Crippen LogP contribution in [0.5, 0.6) is 0 Å². The second-order valence-corrected chi connectivity index (χ2v) is 7.79. The van der Waals surface area contributed by atoms with Crippen molar-refractivity contribution in [1.82, 2.24) is 24.8 Å². The van der Waals surface area contributed by atoms with Crippen LogP contribution < -0.4 is 5.56 Å². The zero-order valence-corrected chi connectivity index (χ0v) is 16.6. The van der Waals surface area contributed by atoms with Crippen LogP contribution in [0.4, 0.5) is 0 Å². The van der Waals surface area contributed by atoms with Crippen LogP contribution in [0.15, 0.2) is 47.4 Å². The Morgan fingerprint density at radius 2 is 2.03 bits per heavy atom. The van der Waals surface area contributed by atoms with E-state index in [-0.39, 0.29) is 5.56 Å². The van der Waals surface area contributed by atoms with Gasteiger partial charge in [0.05, 0.1) is 5.69 Å². The Morgan fingerprint density at radius 1 is 1.14 bits per heavy atom. The lowest BCUT2D eigenvalue weighted by molar-refractivity contribution is 0.241. The number of hydrogen-bond acceptors (Lipinski definition) is 4.